The van der Waals surface area contributed by atoms with E-state index < -0.39 is 0 Å². The molecule has 0 aliphatic carbocycles. The van der Waals surface area contributed by atoms with Crippen LogP contribution >= 0.6 is 0 Å². The van der Waals surface area contributed by atoms with Gasteiger partial charge in [0.15, 0.2) is 6.29 Å². The lowest BCUT2D eigenvalue weighted by Gasteiger charge is -2.36. The predicted molar refractivity (Wildman–Crippen MR) is 81.9 cm³/mol. The smallest absolute Gasteiger partial charge is 0.409 e. The Morgan fingerprint density at radius 3 is 2.62 bits per heavy atom. The van der Waals surface area contributed by atoms with E-state index in [4.69, 9.17) is 4.74 Å². The highest BCUT2D eigenvalue weighted by Crippen LogP contribution is 2.20. The Kier molecular flexibility index (Phi) is 5.60. The number of hydrogen-bond acceptors (Lipinski definition) is 4. The van der Waals surface area contributed by atoms with Gasteiger partial charge in [0.05, 0.1) is 6.61 Å². The van der Waals surface area contributed by atoms with Gasteiger partial charge in [-0.05, 0) is 18.6 Å². The molecule has 0 saturated carbocycles. The van der Waals surface area contributed by atoms with Crippen molar-refractivity contribution in [2.45, 2.75) is 19.8 Å². The number of nitrogens with zero attached hydrogens (tertiary/aromatic N) is 2. The van der Waals surface area contributed by atoms with E-state index in [1.54, 1.807) is 4.90 Å². The molecule has 1 aromatic carbocycles. The van der Waals surface area contributed by atoms with E-state index >= 15 is 0 Å². The van der Waals surface area contributed by atoms with E-state index in [1.165, 1.54) is 0 Å². The molecule has 1 aliphatic rings. The van der Waals surface area contributed by atoms with Crippen molar-refractivity contribution in [3.63, 3.8) is 0 Å². The summed E-state index contributed by atoms with van der Waals surface area (Å²) in [6.45, 7) is 5.23. The molecule has 1 fully saturated rings. The predicted octanol–water partition coefficient (Wildman–Crippen LogP) is 2.56. The molecule has 1 amide bonds. The molecule has 0 aromatic heterocycles. The summed E-state index contributed by atoms with van der Waals surface area (Å²) in [5, 5.41) is 0. The van der Waals surface area contributed by atoms with Gasteiger partial charge < -0.3 is 14.5 Å². The molecule has 114 valence electrons. The molecule has 2 rings (SSSR count). The largest absolute Gasteiger partial charge is 0.449 e. The highest BCUT2D eigenvalue weighted by molar-refractivity contribution is 5.84. The van der Waals surface area contributed by atoms with Crippen molar-refractivity contribution in [3.8, 4) is 0 Å². The second-order valence-electron chi connectivity index (χ2n) is 5.12. The van der Waals surface area contributed by atoms with Gasteiger partial charge in [0.1, 0.15) is 0 Å². The van der Waals surface area contributed by atoms with E-state index in [2.05, 4.69) is 11.8 Å². The quantitative estimate of drug-likeness (QED) is 0.618. The molecule has 0 radical (unpaired) electrons. The van der Waals surface area contributed by atoms with Crippen molar-refractivity contribution >= 4 is 18.1 Å². The molecule has 1 heterocycles. The zero-order valence-electron chi connectivity index (χ0n) is 12.5. The highest BCUT2D eigenvalue weighted by atomic mass is 16.6. The number of anilines is 1. The average Bonchev–Trinajstić information content (AvgIpc) is 2.55. The van der Waals surface area contributed by atoms with Crippen LogP contribution in [-0.4, -0.2) is 50.1 Å². The number of benzene rings is 1. The van der Waals surface area contributed by atoms with Crippen LogP contribution in [0, 0.1) is 0 Å². The monoisotopic (exact) mass is 290 g/mol. The fourth-order valence-corrected chi connectivity index (χ4v) is 2.40. The lowest BCUT2D eigenvalue weighted by atomic mass is 10.1. The topological polar surface area (TPSA) is 49.9 Å². The Hall–Kier alpha value is -2.04. The second-order valence-corrected chi connectivity index (χ2v) is 5.12. The minimum absolute atomic E-state index is 0.230. The van der Waals surface area contributed by atoms with Crippen LogP contribution in [0.2, 0.25) is 0 Å². The van der Waals surface area contributed by atoms with Gasteiger partial charge in [-0.25, -0.2) is 4.79 Å². The van der Waals surface area contributed by atoms with Crippen molar-refractivity contribution in [2.24, 2.45) is 0 Å². The summed E-state index contributed by atoms with van der Waals surface area (Å²) in [4.78, 5) is 26.8. The average molecular weight is 290 g/mol. The van der Waals surface area contributed by atoms with Crippen LogP contribution in [0.4, 0.5) is 10.5 Å². The van der Waals surface area contributed by atoms with Crippen LogP contribution < -0.4 is 4.90 Å². The summed E-state index contributed by atoms with van der Waals surface area (Å²) in [6, 6.07) is 7.54. The molecule has 1 aliphatic heterocycles. The molecule has 0 N–H and O–H groups in total. The van der Waals surface area contributed by atoms with Crippen molar-refractivity contribution in [1.82, 2.24) is 4.90 Å². The zero-order valence-corrected chi connectivity index (χ0v) is 12.5. The van der Waals surface area contributed by atoms with Gasteiger partial charge in [-0.2, -0.15) is 0 Å². The summed E-state index contributed by atoms with van der Waals surface area (Å²) in [5.74, 6) is 0. The molecule has 0 spiro atoms. The maximum atomic E-state index is 11.9. The maximum Gasteiger partial charge on any atom is 0.409 e. The first-order chi connectivity index (χ1) is 10.3. The van der Waals surface area contributed by atoms with E-state index in [9.17, 15) is 9.59 Å². The van der Waals surface area contributed by atoms with Gasteiger partial charge in [-0.3, -0.25) is 4.79 Å². The molecule has 0 atom stereocenters. The van der Waals surface area contributed by atoms with Crippen LogP contribution in [0.5, 0.6) is 0 Å². The van der Waals surface area contributed by atoms with Crippen molar-refractivity contribution in [3.05, 3.63) is 29.8 Å². The first-order valence-electron chi connectivity index (χ1n) is 7.47. The third kappa shape index (κ3) is 3.97. The van der Waals surface area contributed by atoms with E-state index in [0.29, 0.717) is 38.3 Å². The number of unbranched alkanes of at least 4 members (excludes halogenated alkanes) is 1. The Balaban J connectivity index is 1.88. The molecule has 0 bridgehead atoms. The molecular formula is C16H22N2O3. The first-order valence-corrected chi connectivity index (χ1v) is 7.47. The van der Waals surface area contributed by atoms with Gasteiger partial charge >= 0.3 is 6.09 Å². The number of carbonyl (C=O) groups is 2. The Labute approximate surface area is 125 Å². The number of amides is 1. The number of rotatable bonds is 5. The zero-order chi connectivity index (χ0) is 15.1. The summed E-state index contributed by atoms with van der Waals surface area (Å²) in [5.41, 5.74) is 1.63. The van der Waals surface area contributed by atoms with Gasteiger partial charge in [0.2, 0.25) is 0 Å². The fourth-order valence-electron chi connectivity index (χ4n) is 2.40. The molecular weight excluding hydrogens is 268 g/mol. The lowest BCUT2D eigenvalue weighted by molar-refractivity contribution is 0.0988. The van der Waals surface area contributed by atoms with Crippen LogP contribution in [0.15, 0.2) is 24.3 Å². The van der Waals surface area contributed by atoms with Crippen molar-refractivity contribution in [2.75, 3.05) is 37.7 Å². The maximum absolute atomic E-state index is 11.9. The van der Waals surface area contributed by atoms with Crippen LogP contribution in [0.1, 0.15) is 30.1 Å². The number of aldehydes is 1. The Morgan fingerprint density at radius 1 is 1.24 bits per heavy atom. The molecule has 0 unspecified atom stereocenters. The van der Waals surface area contributed by atoms with E-state index in [1.807, 2.05) is 24.3 Å². The van der Waals surface area contributed by atoms with Crippen molar-refractivity contribution < 1.29 is 14.3 Å². The molecule has 1 aromatic rings. The number of hydrogen-bond donors (Lipinski definition) is 0. The van der Waals surface area contributed by atoms with E-state index in [0.717, 1.165) is 24.8 Å². The number of carbonyl (C=O) groups excluding carboxylic acids is 2. The normalized spacial score (nSPS) is 14.9. The minimum Gasteiger partial charge on any atom is -0.449 e. The number of piperazine rings is 1. The number of ether oxygens (including phenoxy) is 1. The summed E-state index contributed by atoms with van der Waals surface area (Å²) in [6.07, 6.45) is 2.56. The highest BCUT2D eigenvalue weighted by Gasteiger charge is 2.23. The van der Waals surface area contributed by atoms with Crippen LogP contribution in [0.25, 0.3) is 0 Å². The minimum atomic E-state index is -0.230. The molecule has 5 nitrogen and oxygen atoms in total. The van der Waals surface area contributed by atoms with Gasteiger partial charge in [-0.15, -0.1) is 0 Å². The standard InChI is InChI=1S/C16H22N2O3/c1-2-3-12-21-16(20)18-10-8-17(9-11-18)15-7-5-4-6-14(15)13-19/h4-7,13H,2-3,8-12H2,1H3. The molecule has 5 heteroatoms. The SMILES string of the molecule is CCCCOC(=O)N1CCN(c2ccccc2C=O)CC1. The van der Waals surface area contributed by atoms with Crippen molar-refractivity contribution in [1.29, 1.82) is 0 Å². The second kappa shape index (κ2) is 7.67. The number of para-hydroxylation sites is 1. The summed E-state index contributed by atoms with van der Waals surface area (Å²) in [7, 11) is 0. The van der Waals surface area contributed by atoms with Gasteiger partial charge in [-0.1, -0.05) is 25.5 Å². The van der Waals surface area contributed by atoms with Crippen LogP contribution in [0.3, 0.4) is 0 Å². The summed E-state index contributed by atoms with van der Waals surface area (Å²) >= 11 is 0. The summed E-state index contributed by atoms with van der Waals surface area (Å²) < 4.78 is 5.22. The van der Waals surface area contributed by atoms with Gasteiger partial charge in [0, 0.05) is 37.4 Å². The lowest BCUT2D eigenvalue weighted by Crippen LogP contribution is -2.49. The third-order valence-electron chi connectivity index (χ3n) is 3.67. The molecule has 1 saturated heterocycles. The van der Waals surface area contributed by atoms with Gasteiger partial charge in [0.25, 0.3) is 0 Å². The fraction of sp³-hybridized carbons (Fsp3) is 0.500. The third-order valence-corrected chi connectivity index (χ3v) is 3.67. The van der Waals surface area contributed by atoms with E-state index in [-0.39, 0.29) is 6.09 Å². The molecule has 21 heavy (non-hydrogen) atoms. The Morgan fingerprint density at radius 2 is 1.95 bits per heavy atom. The van der Waals surface area contributed by atoms with Crippen LogP contribution in [-0.2, 0) is 4.74 Å². The Bertz CT molecular complexity index is 482. The first kappa shape index (κ1) is 15.4.